The number of rotatable bonds is 6. The highest BCUT2D eigenvalue weighted by Gasteiger charge is 2.28. The molecular formula is C19H25ClN2O5. The van der Waals surface area contributed by atoms with Gasteiger partial charge in [0, 0.05) is 31.1 Å². The Labute approximate surface area is 163 Å². The number of carbonyl (C=O) groups excluding carboxylic acids is 2. The van der Waals surface area contributed by atoms with Crippen molar-refractivity contribution in [2.24, 2.45) is 0 Å². The maximum atomic E-state index is 13.0. The summed E-state index contributed by atoms with van der Waals surface area (Å²) < 4.78 is 5.55. The van der Waals surface area contributed by atoms with Gasteiger partial charge >= 0.3 is 5.97 Å². The van der Waals surface area contributed by atoms with E-state index in [2.05, 4.69) is 0 Å². The van der Waals surface area contributed by atoms with Crippen LogP contribution in [0.15, 0.2) is 18.2 Å². The molecule has 1 unspecified atom stereocenters. The number of carboxylic acids is 1. The summed E-state index contributed by atoms with van der Waals surface area (Å²) in [6.45, 7) is 4.30. The minimum Gasteiger partial charge on any atom is -0.493 e. The number of amides is 2. The lowest BCUT2D eigenvalue weighted by Gasteiger charge is -2.29. The molecule has 0 saturated carbocycles. The first kappa shape index (κ1) is 21.0. The Morgan fingerprint density at radius 3 is 2.67 bits per heavy atom. The predicted octanol–water partition coefficient (Wildman–Crippen LogP) is 2.67. The Kier molecular flexibility index (Phi) is 7.47. The number of carboxylic acid groups (broad SMARTS) is 1. The lowest BCUT2D eigenvalue weighted by atomic mass is 10.1. The van der Waals surface area contributed by atoms with Gasteiger partial charge in [0.1, 0.15) is 12.3 Å². The summed E-state index contributed by atoms with van der Waals surface area (Å²) in [5, 5.41) is 9.54. The summed E-state index contributed by atoms with van der Waals surface area (Å²) in [4.78, 5) is 39.0. The number of halogens is 1. The second kappa shape index (κ2) is 9.60. The SMILES string of the molecule is CCOc1cc(Cl)ccc1C(=O)N1CCCC(N(CC(=O)O)C(C)=O)CC1. The largest absolute Gasteiger partial charge is 0.493 e. The van der Waals surface area contributed by atoms with Gasteiger partial charge in [-0.2, -0.15) is 0 Å². The molecule has 7 nitrogen and oxygen atoms in total. The number of hydrogen-bond donors (Lipinski definition) is 1. The maximum Gasteiger partial charge on any atom is 0.323 e. The number of benzene rings is 1. The van der Waals surface area contributed by atoms with Gasteiger partial charge in [-0.3, -0.25) is 14.4 Å². The van der Waals surface area contributed by atoms with E-state index in [1.165, 1.54) is 11.8 Å². The van der Waals surface area contributed by atoms with E-state index in [0.29, 0.717) is 55.3 Å². The molecule has 8 heteroatoms. The minimum atomic E-state index is -1.04. The van der Waals surface area contributed by atoms with Crippen molar-refractivity contribution >= 4 is 29.4 Å². The Bertz CT molecular complexity index is 709. The molecule has 0 aliphatic carbocycles. The molecule has 1 aliphatic rings. The van der Waals surface area contributed by atoms with Gasteiger partial charge in [0.25, 0.3) is 5.91 Å². The van der Waals surface area contributed by atoms with Crippen LogP contribution < -0.4 is 4.74 Å². The first-order valence-electron chi connectivity index (χ1n) is 9.04. The van der Waals surface area contributed by atoms with Crippen molar-refractivity contribution < 1.29 is 24.2 Å². The lowest BCUT2D eigenvalue weighted by molar-refractivity contribution is -0.145. The van der Waals surface area contributed by atoms with Crippen molar-refractivity contribution in [3.05, 3.63) is 28.8 Å². The van der Waals surface area contributed by atoms with E-state index in [9.17, 15) is 14.4 Å². The molecule has 1 aliphatic heterocycles. The molecule has 1 N–H and O–H groups in total. The lowest BCUT2D eigenvalue weighted by Crippen LogP contribution is -2.43. The quantitative estimate of drug-likeness (QED) is 0.798. The first-order chi connectivity index (χ1) is 12.8. The van der Waals surface area contributed by atoms with Gasteiger partial charge in [-0.05, 0) is 44.4 Å². The number of hydrogen-bond acceptors (Lipinski definition) is 4. The van der Waals surface area contributed by atoms with Crippen molar-refractivity contribution in [1.29, 1.82) is 0 Å². The third-order valence-electron chi connectivity index (χ3n) is 4.61. The summed E-state index contributed by atoms with van der Waals surface area (Å²) in [7, 11) is 0. The second-order valence-electron chi connectivity index (χ2n) is 6.49. The van der Waals surface area contributed by atoms with Gasteiger partial charge in [-0.1, -0.05) is 11.6 Å². The van der Waals surface area contributed by atoms with Gasteiger partial charge < -0.3 is 19.6 Å². The number of carbonyl (C=O) groups is 3. The van der Waals surface area contributed by atoms with Gasteiger partial charge in [0.05, 0.1) is 12.2 Å². The summed E-state index contributed by atoms with van der Waals surface area (Å²) in [6, 6.07) is 4.75. The van der Waals surface area contributed by atoms with Crippen LogP contribution in [0, 0.1) is 0 Å². The Morgan fingerprint density at radius 1 is 1.30 bits per heavy atom. The van der Waals surface area contributed by atoms with Gasteiger partial charge in [0.15, 0.2) is 0 Å². The van der Waals surface area contributed by atoms with Crippen LogP contribution in [0.2, 0.25) is 5.02 Å². The minimum absolute atomic E-state index is 0.150. The third-order valence-corrected chi connectivity index (χ3v) is 4.84. The number of likely N-dealkylation sites (tertiary alicyclic amines) is 1. The standard InChI is InChI=1S/C19H25ClN2O5/c1-3-27-17-11-14(20)6-7-16(17)19(26)21-9-4-5-15(8-10-21)22(13(2)23)12-18(24)25/h6-7,11,15H,3-5,8-10,12H2,1-2H3,(H,24,25). The van der Waals surface area contributed by atoms with Crippen LogP contribution in [0.4, 0.5) is 0 Å². The van der Waals surface area contributed by atoms with Gasteiger partial charge in [0.2, 0.25) is 5.91 Å². The average molecular weight is 397 g/mol. The Balaban J connectivity index is 2.12. The van der Waals surface area contributed by atoms with Crippen molar-refractivity contribution in [2.45, 2.75) is 39.2 Å². The topological polar surface area (TPSA) is 87.2 Å². The smallest absolute Gasteiger partial charge is 0.323 e. The van der Waals surface area contributed by atoms with Crippen LogP contribution in [0.5, 0.6) is 5.75 Å². The fourth-order valence-corrected chi connectivity index (χ4v) is 3.52. The van der Waals surface area contributed by atoms with Crippen LogP contribution in [0.1, 0.15) is 43.5 Å². The zero-order chi connectivity index (χ0) is 20.0. The number of nitrogens with zero attached hydrogens (tertiary/aromatic N) is 2. The Hall–Kier alpha value is -2.28. The van der Waals surface area contributed by atoms with E-state index in [1.54, 1.807) is 23.1 Å². The molecule has 1 atom stereocenters. The molecule has 0 radical (unpaired) electrons. The molecule has 1 aromatic rings. The first-order valence-corrected chi connectivity index (χ1v) is 9.42. The zero-order valence-corrected chi connectivity index (χ0v) is 16.4. The molecule has 2 rings (SSSR count). The Morgan fingerprint density at radius 2 is 2.04 bits per heavy atom. The highest BCUT2D eigenvalue weighted by atomic mass is 35.5. The summed E-state index contributed by atoms with van der Waals surface area (Å²) in [6.07, 6.45) is 1.89. The maximum absolute atomic E-state index is 13.0. The van der Waals surface area contributed by atoms with Crippen LogP contribution in [0.25, 0.3) is 0 Å². The van der Waals surface area contributed by atoms with E-state index in [-0.39, 0.29) is 24.4 Å². The monoisotopic (exact) mass is 396 g/mol. The molecule has 1 heterocycles. The number of ether oxygens (including phenoxy) is 1. The third kappa shape index (κ3) is 5.60. The van der Waals surface area contributed by atoms with E-state index < -0.39 is 5.97 Å². The van der Waals surface area contributed by atoms with Crippen molar-refractivity contribution in [1.82, 2.24) is 9.80 Å². The van der Waals surface area contributed by atoms with Gasteiger partial charge in [-0.25, -0.2) is 0 Å². The molecule has 148 valence electrons. The van der Waals surface area contributed by atoms with Crippen molar-refractivity contribution in [3.63, 3.8) is 0 Å². The normalized spacial score (nSPS) is 17.1. The molecule has 27 heavy (non-hydrogen) atoms. The summed E-state index contributed by atoms with van der Waals surface area (Å²) in [5.41, 5.74) is 0.452. The van der Waals surface area contributed by atoms with Crippen LogP contribution in [-0.2, 0) is 9.59 Å². The van der Waals surface area contributed by atoms with E-state index >= 15 is 0 Å². The summed E-state index contributed by atoms with van der Waals surface area (Å²) >= 11 is 6.00. The summed E-state index contributed by atoms with van der Waals surface area (Å²) in [5.74, 6) is -1.00. The number of aliphatic carboxylic acids is 1. The molecule has 1 aromatic carbocycles. The molecule has 0 spiro atoms. The highest BCUT2D eigenvalue weighted by molar-refractivity contribution is 6.30. The van der Waals surface area contributed by atoms with E-state index in [1.807, 2.05) is 6.92 Å². The molecule has 2 amide bonds. The van der Waals surface area contributed by atoms with Crippen molar-refractivity contribution in [3.8, 4) is 5.75 Å². The van der Waals surface area contributed by atoms with Crippen LogP contribution in [0.3, 0.4) is 0 Å². The second-order valence-corrected chi connectivity index (χ2v) is 6.93. The van der Waals surface area contributed by atoms with E-state index in [0.717, 1.165) is 0 Å². The fraction of sp³-hybridized carbons (Fsp3) is 0.526. The molecule has 0 aromatic heterocycles. The highest BCUT2D eigenvalue weighted by Crippen LogP contribution is 2.26. The fourth-order valence-electron chi connectivity index (χ4n) is 3.35. The predicted molar refractivity (Wildman–Crippen MR) is 101 cm³/mol. The molecule has 0 bridgehead atoms. The average Bonchev–Trinajstić information content (AvgIpc) is 2.85. The zero-order valence-electron chi connectivity index (χ0n) is 15.6. The molecule has 1 fully saturated rings. The van der Waals surface area contributed by atoms with E-state index in [4.69, 9.17) is 21.4 Å². The van der Waals surface area contributed by atoms with Crippen LogP contribution in [-0.4, -0.2) is 65.0 Å². The van der Waals surface area contributed by atoms with Crippen molar-refractivity contribution in [2.75, 3.05) is 26.2 Å². The van der Waals surface area contributed by atoms with Gasteiger partial charge in [-0.15, -0.1) is 0 Å². The van der Waals surface area contributed by atoms with Crippen LogP contribution >= 0.6 is 11.6 Å². The molecule has 1 saturated heterocycles. The molecular weight excluding hydrogens is 372 g/mol.